The fraction of sp³-hybridized carbons (Fsp3) is 0.700. The Morgan fingerprint density at radius 1 is 0.913 bits per heavy atom. The lowest BCUT2D eigenvalue weighted by atomic mass is 9.32. The molecule has 0 bridgehead atoms. The maximum absolute atomic E-state index is 13.1. The summed E-state index contributed by atoms with van der Waals surface area (Å²) in [6.07, 6.45) is 13.0. The first kappa shape index (κ1) is 33.2. The third-order valence-electron chi connectivity index (χ3n) is 15.3. The van der Waals surface area contributed by atoms with Gasteiger partial charge in [0.1, 0.15) is 6.10 Å². The van der Waals surface area contributed by atoms with Crippen LogP contribution in [-0.4, -0.2) is 35.4 Å². The van der Waals surface area contributed by atoms with Gasteiger partial charge in [0.2, 0.25) is 0 Å². The number of carboxylic acids is 1. The summed E-state index contributed by atoms with van der Waals surface area (Å²) in [5.41, 5.74) is 1.54. The number of allylic oxidation sites excluding steroid dienone is 1. The van der Waals surface area contributed by atoms with E-state index in [0.717, 1.165) is 69.8 Å². The molecule has 0 unspecified atom stereocenters. The highest BCUT2D eigenvalue weighted by Gasteiger charge is 2.72. The van der Waals surface area contributed by atoms with E-state index in [1.54, 1.807) is 24.3 Å². The molecular weight excluding hydrogens is 576 g/mol. The van der Waals surface area contributed by atoms with Gasteiger partial charge in [-0.15, -0.1) is 0 Å². The third kappa shape index (κ3) is 4.62. The standard InChI is InChI=1S/C40H56O6/c1-24(2)26-15-20-40(35(43)44)22-21-38(6)27(34(26)40)11-13-31-37(5)18-17-32(36(3,4)30(37)16-19-39(31,38)7)46-33(42)14-10-25-9-12-28(41)29(23-25)45-8/h9-10,12,14,23,26-27,30-32,34,41H,1,11,13,15-22H2,2-8H3,(H,43,44)/b14-10+/t26-,27+,30-,31+,32-,34+,37-,38+,39+,40-/m0/s1. The van der Waals surface area contributed by atoms with E-state index in [1.165, 1.54) is 18.8 Å². The van der Waals surface area contributed by atoms with Crippen molar-refractivity contribution >= 4 is 18.0 Å². The van der Waals surface area contributed by atoms with Crippen LogP contribution in [0, 0.1) is 56.7 Å². The van der Waals surface area contributed by atoms with Crippen molar-refractivity contribution < 1.29 is 29.3 Å². The monoisotopic (exact) mass is 632 g/mol. The van der Waals surface area contributed by atoms with Gasteiger partial charge in [-0.3, -0.25) is 4.79 Å². The second kappa shape index (κ2) is 11.2. The van der Waals surface area contributed by atoms with Crippen LogP contribution < -0.4 is 4.74 Å². The van der Waals surface area contributed by atoms with Crippen LogP contribution in [-0.2, 0) is 14.3 Å². The average molecular weight is 633 g/mol. The van der Waals surface area contributed by atoms with Crippen LogP contribution in [0.1, 0.15) is 111 Å². The van der Waals surface area contributed by atoms with Crippen molar-refractivity contribution in [1.29, 1.82) is 0 Å². The Labute approximate surface area is 276 Å². The van der Waals surface area contributed by atoms with Crippen molar-refractivity contribution in [1.82, 2.24) is 0 Å². The number of carbonyl (C=O) groups excluding carboxylic acids is 1. The number of rotatable bonds is 6. The molecule has 0 radical (unpaired) electrons. The number of hydrogen-bond acceptors (Lipinski definition) is 5. The van der Waals surface area contributed by atoms with Crippen molar-refractivity contribution in [3.63, 3.8) is 0 Å². The highest BCUT2D eigenvalue weighted by Crippen LogP contribution is 2.77. The number of methoxy groups -OCH3 is 1. The fourth-order valence-electron chi connectivity index (χ4n) is 12.8. The molecule has 0 spiro atoms. The van der Waals surface area contributed by atoms with E-state index in [4.69, 9.17) is 9.47 Å². The van der Waals surface area contributed by atoms with E-state index < -0.39 is 11.4 Å². The van der Waals surface area contributed by atoms with E-state index >= 15 is 0 Å². The van der Waals surface area contributed by atoms with Crippen LogP contribution in [0.2, 0.25) is 0 Å². The Morgan fingerprint density at radius 3 is 2.33 bits per heavy atom. The summed E-state index contributed by atoms with van der Waals surface area (Å²) in [6, 6.07) is 5.00. The SMILES string of the molecule is C=C(C)[C@@H]1CC[C@]2(C(=O)O)CC[C@]3(C)[C@H](CC[C@@H]4[C@@]5(C)CC[C@H](OC(=O)/C=C/c6ccc(O)c(OC)c6)C(C)(C)[C@@H]5CC[C@]43C)[C@@H]12. The molecule has 252 valence electrons. The second-order valence-electron chi connectivity index (χ2n) is 17.2. The number of ether oxygens (including phenoxy) is 2. The zero-order chi connectivity index (χ0) is 33.4. The number of carboxylic acid groups (broad SMARTS) is 1. The van der Waals surface area contributed by atoms with Gasteiger partial charge in [-0.05, 0) is 141 Å². The highest BCUT2D eigenvalue weighted by atomic mass is 16.5. The molecule has 0 amide bonds. The minimum absolute atomic E-state index is 0.0618. The number of aromatic hydroxyl groups is 1. The first-order chi connectivity index (χ1) is 21.5. The molecule has 5 aliphatic carbocycles. The second-order valence-corrected chi connectivity index (χ2v) is 17.2. The molecule has 0 heterocycles. The van der Waals surface area contributed by atoms with Crippen LogP contribution in [0.5, 0.6) is 11.5 Å². The lowest BCUT2D eigenvalue weighted by Gasteiger charge is -2.72. The van der Waals surface area contributed by atoms with Crippen molar-refractivity contribution in [3.05, 3.63) is 42.0 Å². The number of carbonyl (C=O) groups is 2. The minimum atomic E-state index is -0.592. The van der Waals surface area contributed by atoms with Gasteiger partial charge in [0.15, 0.2) is 11.5 Å². The lowest BCUT2D eigenvalue weighted by Crippen LogP contribution is -2.67. The summed E-state index contributed by atoms with van der Waals surface area (Å²) < 4.78 is 11.4. The maximum Gasteiger partial charge on any atom is 0.331 e. The predicted molar refractivity (Wildman–Crippen MR) is 180 cm³/mol. The Bertz CT molecular complexity index is 1440. The average Bonchev–Trinajstić information content (AvgIpc) is 3.40. The van der Waals surface area contributed by atoms with Gasteiger partial charge in [-0.25, -0.2) is 4.79 Å². The Balaban J connectivity index is 1.23. The summed E-state index contributed by atoms with van der Waals surface area (Å²) >= 11 is 0. The molecular formula is C40H56O6. The first-order valence-corrected chi connectivity index (χ1v) is 17.7. The van der Waals surface area contributed by atoms with Crippen LogP contribution in [0.4, 0.5) is 0 Å². The molecule has 6 rings (SSSR count). The fourth-order valence-corrected chi connectivity index (χ4v) is 12.8. The van der Waals surface area contributed by atoms with Gasteiger partial charge >= 0.3 is 11.9 Å². The smallest absolute Gasteiger partial charge is 0.331 e. The van der Waals surface area contributed by atoms with E-state index in [0.29, 0.717) is 29.4 Å². The van der Waals surface area contributed by atoms with Gasteiger partial charge in [0.05, 0.1) is 12.5 Å². The van der Waals surface area contributed by atoms with Crippen molar-refractivity contribution in [2.24, 2.45) is 56.7 Å². The van der Waals surface area contributed by atoms with Gasteiger partial charge in [-0.1, -0.05) is 52.8 Å². The molecule has 1 aromatic rings. The number of hydrogen-bond donors (Lipinski definition) is 2. The Hall–Kier alpha value is -2.76. The minimum Gasteiger partial charge on any atom is -0.504 e. The van der Waals surface area contributed by atoms with Crippen molar-refractivity contribution in [2.45, 2.75) is 112 Å². The van der Waals surface area contributed by atoms with Crippen LogP contribution in [0.3, 0.4) is 0 Å². The maximum atomic E-state index is 13.1. The summed E-state index contributed by atoms with van der Waals surface area (Å²) in [5.74, 6) is 1.42. The molecule has 5 saturated carbocycles. The molecule has 2 N–H and O–H groups in total. The number of esters is 1. The quantitative estimate of drug-likeness (QED) is 0.185. The number of fused-ring (bicyclic) bond motifs is 7. The highest BCUT2D eigenvalue weighted by molar-refractivity contribution is 5.87. The molecule has 5 aliphatic rings. The van der Waals surface area contributed by atoms with Crippen LogP contribution in [0.25, 0.3) is 6.08 Å². The largest absolute Gasteiger partial charge is 0.504 e. The summed E-state index contributed by atoms with van der Waals surface area (Å²) in [5, 5.41) is 20.5. The lowest BCUT2D eigenvalue weighted by molar-refractivity contribution is -0.250. The number of aliphatic carboxylic acids is 1. The normalized spacial score (nSPS) is 42.7. The zero-order valence-corrected chi connectivity index (χ0v) is 29.2. The molecule has 6 heteroatoms. The molecule has 6 nitrogen and oxygen atoms in total. The molecule has 5 fully saturated rings. The summed E-state index contributed by atoms with van der Waals surface area (Å²) in [7, 11) is 1.50. The van der Waals surface area contributed by atoms with Gasteiger partial charge in [0, 0.05) is 11.5 Å². The van der Waals surface area contributed by atoms with Gasteiger partial charge in [-0.2, -0.15) is 0 Å². The molecule has 0 saturated heterocycles. The van der Waals surface area contributed by atoms with Gasteiger partial charge < -0.3 is 19.7 Å². The van der Waals surface area contributed by atoms with Crippen LogP contribution >= 0.6 is 0 Å². The van der Waals surface area contributed by atoms with Crippen molar-refractivity contribution in [3.8, 4) is 11.5 Å². The van der Waals surface area contributed by atoms with E-state index in [1.807, 2.05) is 0 Å². The third-order valence-corrected chi connectivity index (χ3v) is 15.3. The summed E-state index contributed by atoms with van der Waals surface area (Å²) in [4.78, 5) is 26.1. The number of benzene rings is 1. The topological polar surface area (TPSA) is 93.1 Å². The van der Waals surface area contributed by atoms with Crippen molar-refractivity contribution in [2.75, 3.05) is 7.11 Å². The molecule has 10 atom stereocenters. The molecule has 0 aromatic heterocycles. The van der Waals surface area contributed by atoms with Gasteiger partial charge in [0.25, 0.3) is 0 Å². The van der Waals surface area contributed by atoms with E-state index in [9.17, 15) is 19.8 Å². The van der Waals surface area contributed by atoms with E-state index in [-0.39, 0.29) is 45.4 Å². The number of phenols is 1. The predicted octanol–water partition coefficient (Wildman–Crippen LogP) is 9.07. The Morgan fingerprint density at radius 2 is 1.65 bits per heavy atom. The summed E-state index contributed by atoms with van der Waals surface area (Å²) in [6.45, 7) is 18.8. The molecule has 46 heavy (non-hydrogen) atoms. The van der Waals surface area contributed by atoms with Crippen LogP contribution in [0.15, 0.2) is 36.4 Å². The first-order valence-electron chi connectivity index (χ1n) is 17.7. The molecule has 1 aromatic carbocycles. The van der Waals surface area contributed by atoms with E-state index in [2.05, 4.69) is 48.1 Å². The zero-order valence-electron chi connectivity index (χ0n) is 29.2. The number of phenolic OH excluding ortho intramolecular Hbond substituents is 1. The molecule has 0 aliphatic heterocycles. The Kier molecular flexibility index (Phi) is 8.04.